The molecule has 1 fully saturated rings. The van der Waals surface area contributed by atoms with Crippen molar-refractivity contribution >= 4 is 11.6 Å². The molecular formula is C9H17ClO3. The monoisotopic (exact) mass is 208 g/mol. The van der Waals surface area contributed by atoms with Crippen LogP contribution in [0.1, 0.15) is 19.8 Å². The SMILES string of the molecule is COCC1COC(CCC(C)Cl)O1. The second kappa shape index (κ2) is 5.81. The number of alkyl halides is 1. The van der Waals surface area contributed by atoms with Gasteiger partial charge < -0.3 is 14.2 Å². The summed E-state index contributed by atoms with van der Waals surface area (Å²) in [6, 6.07) is 0. The molecule has 0 bridgehead atoms. The van der Waals surface area contributed by atoms with Gasteiger partial charge in [-0.2, -0.15) is 0 Å². The minimum atomic E-state index is -0.0821. The van der Waals surface area contributed by atoms with Gasteiger partial charge in [0.1, 0.15) is 6.10 Å². The van der Waals surface area contributed by atoms with E-state index < -0.39 is 0 Å². The molecule has 0 spiro atoms. The lowest BCUT2D eigenvalue weighted by Gasteiger charge is -2.11. The lowest BCUT2D eigenvalue weighted by atomic mass is 10.2. The molecule has 0 radical (unpaired) electrons. The summed E-state index contributed by atoms with van der Waals surface area (Å²) < 4.78 is 15.9. The van der Waals surface area contributed by atoms with Gasteiger partial charge in [-0.25, -0.2) is 0 Å². The number of methoxy groups -OCH3 is 1. The van der Waals surface area contributed by atoms with Crippen LogP contribution >= 0.6 is 11.6 Å². The zero-order valence-corrected chi connectivity index (χ0v) is 8.92. The Balaban J connectivity index is 2.10. The van der Waals surface area contributed by atoms with Crippen LogP contribution in [0.25, 0.3) is 0 Å². The molecule has 0 aliphatic carbocycles. The lowest BCUT2D eigenvalue weighted by Crippen LogP contribution is -2.18. The van der Waals surface area contributed by atoms with Crippen LogP contribution in [0.2, 0.25) is 0 Å². The van der Waals surface area contributed by atoms with Gasteiger partial charge in [0.05, 0.1) is 13.2 Å². The summed E-state index contributed by atoms with van der Waals surface area (Å²) >= 11 is 5.82. The Labute approximate surface area is 84.3 Å². The highest BCUT2D eigenvalue weighted by molar-refractivity contribution is 6.20. The molecule has 0 aromatic carbocycles. The van der Waals surface area contributed by atoms with E-state index in [9.17, 15) is 0 Å². The van der Waals surface area contributed by atoms with Gasteiger partial charge in [-0.1, -0.05) is 0 Å². The highest BCUT2D eigenvalue weighted by atomic mass is 35.5. The van der Waals surface area contributed by atoms with E-state index in [1.807, 2.05) is 6.92 Å². The third kappa shape index (κ3) is 4.27. The zero-order valence-electron chi connectivity index (χ0n) is 8.16. The van der Waals surface area contributed by atoms with Crippen LogP contribution in [0.3, 0.4) is 0 Å². The van der Waals surface area contributed by atoms with E-state index in [-0.39, 0.29) is 17.8 Å². The summed E-state index contributed by atoms with van der Waals surface area (Å²) in [4.78, 5) is 0. The molecule has 3 unspecified atom stereocenters. The fourth-order valence-corrected chi connectivity index (χ4v) is 1.42. The van der Waals surface area contributed by atoms with E-state index in [0.29, 0.717) is 13.2 Å². The molecular weight excluding hydrogens is 192 g/mol. The fraction of sp³-hybridized carbons (Fsp3) is 1.00. The quantitative estimate of drug-likeness (QED) is 0.645. The predicted octanol–water partition coefficient (Wildman–Crippen LogP) is 1.78. The summed E-state index contributed by atoms with van der Waals surface area (Å²) in [6.45, 7) is 3.21. The minimum Gasteiger partial charge on any atom is -0.382 e. The number of rotatable bonds is 5. The molecule has 1 heterocycles. The van der Waals surface area contributed by atoms with Gasteiger partial charge in [0, 0.05) is 12.5 Å². The summed E-state index contributed by atoms with van der Waals surface area (Å²) in [5.74, 6) is 0. The summed E-state index contributed by atoms with van der Waals surface area (Å²) in [5, 5.41) is 0.189. The van der Waals surface area contributed by atoms with Crippen LogP contribution in [-0.4, -0.2) is 38.1 Å². The van der Waals surface area contributed by atoms with Gasteiger partial charge in [-0.05, 0) is 19.8 Å². The summed E-state index contributed by atoms with van der Waals surface area (Å²) in [6.07, 6.45) is 1.80. The standard InChI is InChI=1S/C9H17ClO3/c1-7(10)3-4-9-12-6-8(13-9)5-11-2/h7-9H,3-6H2,1-2H3. The Morgan fingerprint density at radius 2 is 2.38 bits per heavy atom. The van der Waals surface area contributed by atoms with Crippen molar-refractivity contribution in [1.82, 2.24) is 0 Å². The Kier molecular flexibility index (Phi) is 5.02. The van der Waals surface area contributed by atoms with Crippen molar-refractivity contribution in [2.75, 3.05) is 20.3 Å². The van der Waals surface area contributed by atoms with Gasteiger partial charge in [0.15, 0.2) is 6.29 Å². The second-order valence-electron chi connectivity index (χ2n) is 3.33. The molecule has 0 amide bonds. The van der Waals surface area contributed by atoms with Gasteiger partial charge in [-0.3, -0.25) is 0 Å². The highest BCUT2D eigenvalue weighted by Crippen LogP contribution is 2.18. The Morgan fingerprint density at radius 3 is 3.00 bits per heavy atom. The van der Waals surface area contributed by atoms with Gasteiger partial charge in [-0.15, -0.1) is 11.6 Å². The Morgan fingerprint density at radius 1 is 1.62 bits per heavy atom. The predicted molar refractivity (Wildman–Crippen MR) is 51.0 cm³/mol. The molecule has 1 saturated heterocycles. The van der Waals surface area contributed by atoms with Crippen LogP contribution in [0.4, 0.5) is 0 Å². The molecule has 1 aliphatic rings. The molecule has 1 aliphatic heterocycles. The van der Waals surface area contributed by atoms with Gasteiger partial charge in [0.2, 0.25) is 0 Å². The van der Waals surface area contributed by atoms with Crippen LogP contribution in [0.15, 0.2) is 0 Å². The maximum absolute atomic E-state index is 5.82. The molecule has 3 nitrogen and oxygen atoms in total. The number of hydrogen-bond donors (Lipinski definition) is 0. The first-order valence-electron chi connectivity index (χ1n) is 4.62. The van der Waals surface area contributed by atoms with Crippen molar-refractivity contribution < 1.29 is 14.2 Å². The van der Waals surface area contributed by atoms with Crippen molar-refractivity contribution in [3.63, 3.8) is 0 Å². The largest absolute Gasteiger partial charge is 0.382 e. The van der Waals surface area contributed by atoms with Crippen molar-refractivity contribution in [2.45, 2.75) is 37.5 Å². The van der Waals surface area contributed by atoms with E-state index in [1.54, 1.807) is 7.11 Å². The Bertz CT molecular complexity index is 141. The third-order valence-electron chi connectivity index (χ3n) is 1.96. The smallest absolute Gasteiger partial charge is 0.158 e. The lowest BCUT2D eigenvalue weighted by molar-refractivity contribution is -0.0725. The summed E-state index contributed by atoms with van der Waals surface area (Å²) in [7, 11) is 1.66. The van der Waals surface area contributed by atoms with Gasteiger partial charge in [0.25, 0.3) is 0 Å². The summed E-state index contributed by atoms with van der Waals surface area (Å²) in [5.41, 5.74) is 0. The molecule has 4 heteroatoms. The average molecular weight is 209 g/mol. The highest BCUT2D eigenvalue weighted by Gasteiger charge is 2.25. The van der Waals surface area contributed by atoms with E-state index >= 15 is 0 Å². The molecule has 0 aromatic rings. The number of halogens is 1. The first kappa shape index (κ1) is 11.2. The topological polar surface area (TPSA) is 27.7 Å². The molecule has 0 saturated carbocycles. The van der Waals surface area contributed by atoms with Gasteiger partial charge >= 0.3 is 0 Å². The van der Waals surface area contributed by atoms with Crippen molar-refractivity contribution in [2.24, 2.45) is 0 Å². The van der Waals surface area contributed by atoms with E-state index in [2.05, 4.69) is 0 Å². The molecule has 13 heavy (non-hydrogen) atoms. The molecule has 0 N–H and O–H groups in total. The fourth-order valence-electron chi connectivity index (χ4n) is 1.30. The molecule has 78 valence electrons. The number of ether oxygens (including phenoxy) is 3. The van der Waals surface area contributed by atoms with Crippen LogP contribution in [0, 0.1) is 0 Å². The first-order valence-corrected chi connectivity index (χ1v) is 5.06. The van der Waals surface area contributed by atoms with Crippen molar-refractivity contribution in [1.29, 1.82) is 0 Å². The first-order chi connectivity index (χ1) is 6.22. The van der Waals surface area contributed by atoms with E-state index in [4.69, 9.17) is 25.8 Å². The maximum atomic E-state index is 5.82. The van der Waals surface area contributed by atoms with E-state index in [0.717, 1.165) is 12.8 Å². The van der Waals surface area contributed by atoms with Crippen molar-refractivity contribution in [3.8, 4) is 0 Å². The Hall–Kier alpha value is 0.170. The molecule has 3 atom stereocenters. The zero-order chi connectivity index (χ0) is 9.68. The average Bonchev–Trinajstić information content (AvgIpc) is 2.50. The van der Waals surface area contributed by atoms with Crippen LogP contribution in [-0.2, 0) is 14.2 Å². The van der Waals surface area contributed by atoms with Crippen LogP contribution in [0.5, 0.6) is 0 Å². The second-order valence-corrected chi connectivity index (χ2v) is 4.08. The third-order valence-corrected chi connectivity index (χ3v) is 2.18. The number of hydrogen-bond acceptors (Lipinski definition) is 3. The maximum Gasteiger partial charge on any atom is 0.158 e. The van der Waals surface area contributed by atoms with E-state index in [1.165, 1.54) is 0 Å². The normalized spacial score (nSPS) is 30.7. The van der Waals surface area contributed by atoms with Crippen LogP contribution < -0.4 is 0 Å². The molecule has 0 aromatic heterocycles. The van der Waals surface area contributed by atoms with Crippen molar-refractivity contribution in [3.05, 3.63) is 0 Å². The molecule has 1 rings (SSSR count). The minimum absolute atomic E-state index is 0.0821.